The van der Waals surface area contributed by atoms with Crippen LogP contribution in [0.3, 0.4) is 0 Å². The van der Waals surface area contributed by atoms with Crippen molar-refractivity contribution >= 4 is 32.9 Å². The van der Waals surface area contributed by atoms with Crippen molar-refractivity contribution in [2.24, 2.45) is 5.14 Å². The van der Waals surface area contributed by atoms with E-state index in [1.165, 1.54) is 23.5 Å². The minimum atomic E-state index is -3.80. The number of nitrogens with zero attached hydrogens (tertiary/aromatic N) is 3. The zero-order chi connectivity index (χ0) is 23.6. The van der Waals surface area contributed by atoms with Gasteiger partial charge in [0.25, 0.3) is 0 Å². The molecule has 0 amide bonds. The Kier molecular flexibility index (Phi) is 6.41. The molecular weight excluding hydrogens is 458 g/mol. The first-order chi connectivity index (χ1) is 15.7. The van der Waals surface area contributed by atoms with E-state index >= 15 is 0 Å². The molecule has 3 aromatic heterocycles. The molecule has 1 aromatic carbocycles. The number of nitrogens with one attached hydrogen (secondary N) is 1. The highest BCUT2D eigenvalue weighted by Crippen LogP contribution is 2.40. The predicted octanol–water partition coefficient (Wildman–Crippen LogP) is 5.22. The highest BCUT2D eigenvalue weighted by molar-refractivity contribution is 7.89. The molecule has 33 heavy (non-hydrogen) atoms. The quantitative estimate of drug-likeness (QED) is 0.371. The molecule has 3 heterocycles. The summed E-state index contributed by atoms with van der Waals surface area (Å²) in [6.45, 7) is 6.10. The highest BCUT2D eigenvalue weighted by atomic mass is 32.2. The minimum Gasteiger partial charge on any atom is -0.444 e. The first-order valence-electron chi connectivity index (χ1n) is 10.2. The number of aromatic nitrogens is 3. The average molecular weight is 482 g/mol. The SMILES string of the molecule is Cc1cccc(-c2nc(C(C)C)sc2Oc2ccnc(Nc3cccc(S(N)(=O)=O)c3)c2)n1. The van der Waals surface area contributed by atoms with Gasteiger partial charge in [-0.3, -0.25) is 4.98 Å². The minimum absolute atomic E-state index is 0.0149. The van der Waals surface area contributed by atoms with E-state index in [-0.39, 0.29) is 10.8 Å². The Morgan fingerprint density at radius 2 is 1.85 bits per heavy atom. The first kappa shape index (κ1) is 22.8. The fourth-order valence-corrected chi connectivity index (χ4v) is 4.53. The van der Waals surface area contributed by atoms with E-state index in [4.69, 9.17) is 14.9 Å². The maximum absolute atomic E-state index is 11.6. The molecule has 0 spiro atoms. The summed E-state index contributed by atoms with van der Waals surface area (Å²) < 4.78 is 29.4. The summed E-state index contributed by atoms with van der Waals surface area (Å²) in [7, 11) is -3.80. The number of hydrogen-bond donors (Lipinski definition) is 2. The van der Waals surface area contributed by atoms with Crippen LogP contribution in [-0.2, 0) is 10.0 Å². The number of benzene rings is 1. The number of rotatable bonds is 7. The van der Waals surface area contributed by atoms with Crippen LogP contribution in [0.1, 0.15) is 30.5 Å². The van der Waals surface area contributed by atoms with Gasteiger partial charge in [-0.25, -0.2) is 23.5 Å². The van der Waals surface area contributed by atoms with E-state index in [0.717, 1.165) is 16.4 Å². The van der Waals surface area contributed by atoms with Crippen molar-refractivity contribution in [3.8, 4) is 22.2 Å². The lowest BCUT2D eigenvalue weighted by Gasteiger charge is -2.09. The maximum Gasteiger partial charge on any atom is 0.238 e. The molecular formula is C23H23N5O3S2. The van der Waals surface area contributed by atoms with E-state index in [2.05, 4.69) is 29.1 Å². The number of pyridine rings is 2. The number of anilines is 2. The molecule has 0 saturated heterocycles. The predicted molar refractivity (Wildman–Crippen MR) is 130 cm³/mol. The summed E-state index contributed by atoms with van der Waals surface area (Å²) in [5, 5.41) is 9.90. The molecule has 0 atom stereocenters. The Morgan fingerprint density at radius 1 is 1.06 bits per heavy atom. The lowest BCUT2D eigenvalue weighted by Crippen LogP contribution is -2.12. The fraction of sp³-hybridized carbons (Fsp3) is 0.174. The normalized spacial score (nSPS) is 11.5. The van der Waals surface area contributed by atoms with Crippen molar-refractivity contribution in [1.82, 2.24) is 15.0 Å². The number of nitrogens with two attached hydrogens (primary N) is 1. The van der Waals surface area contributed by atoms with Crippen molar-refractivity contribution in [2.45, 2.75) is 31.6 Å². The summed E-state index contributed by atoms with van der Waals surface area (Å²) in [4.78, 5) is 13.7. The van der Waals surface area contributed by atoms with E-state index in [9.17, 15) is 8.42 Å². The van der Waals surface area contributed by atoms with Gasteiger partial charge >= 0.3 is 0 Å². The van der Waals surface area contributed by atoms with E-state index < -0.39 is 10.0 Å². The van der Waals surface area contributed by atoms with Crippen molar-refractivity contribution < 1.29 is 13.2 Å². The van der Waals surface area contributed by atoms with Crippen molar-refractivity contribution in [3.63, 3.8) is 0 Å². The molecule has 0 aliphatic heterocycles. The van der Waals surface area contributed by atoms with E-state index in [1.807, 2.05) is 25.1 Å². The van der Waals surface area contributed by atoms with Gasteiger partial charge in [0.1, 0.15) is 17.3 Å². The highest BCUT2D eigenvalue weighted by Gasteiger charge is 2.19. The van der Waals surface area contributed by atoms with Crippen molar-refractivity contribution in [2.75, 3.05) is 5.32 Å². The van der Waals surface area contributed by atoms with Gasteiger partial charge in [-0.15, -0.1) is 0 Å². The number of aryl methyl sites for hydroxylation is 1. The van der Waals surface area contributed by atoms with Gasteiger partial charge in [0, 0.05) is 29.6 Å². The summed E-state index contributed by atoms with van der Waals surface area (Å²) in [6.07, 6.45) is 1.61. The summed E-state index contributed by atoms with van der Waals surface area (Å²) in [5.41, 5.74) is 2.88. The first-order valence-corrected chi connectivity index (χ1v) is 12.5. The zero-order valence-corrected chi connectivity index (χ0v) is 19.9. The van der Waals surface area contributed by atoms with Crippen LogP contribution < -0.4 is 15.2 Å². The molecule has 0 unspecified atom stereocenters. The number of thiazole rings is 1. The van der Waals surface area contributed by atoms with Gasteiger partial charge < -0.3 is 10.1 Å². The van der Waals surface area contributed by atoms with Gasteiger partial charge in [0.2, 0.25) is 15.1 Å². The number of sulfonamides is 1. The molecule has 0 saturated carbocycles. The third kappa shape index (κ3) is 5.54. The van der Waals surface area contributed by atoms with Crippen LogP contribution in [0, 0.1) is 6.92 Å². The second-order valence-electron chi connectivity index (χ2n) is 7.68. The molecule has 4 rings (SSSR count). The van der Waals surface area contributed by atoms with Crippen LogP contribution in [0.4, 0.5) is 11.5 Å². The molecule has 0 radical (unpaired) electrons. The van der Waals surface area contributed by atoms with Gasteiger partial charge in [-0.1, -0.05) is 37.3 Å². The van der Waals surface area contributed by atoms with Gasteiger partial charge in [0.15, 0.2) is 0 Å². The third-order valence-electron chi connectivity index (χ3n) is 4.61. The second-order valence-corrected chi connectivity index (χ2v) is 10.2. The smallest absolute Gasteiger partial charge is 0.238 e. The third-order valence-corrected chi connectivity index (χ3v) is 6.76. The van der Waals surface area contributed by atoms with E-state index in [1.54, 1.807) is 30.5 Å². The Morgan fingerprint density at radius 3 is 2.58 bits per heavy atom. The van der Waals surface area contributed by atoms with Crippen LogP contribution in [0.25, 0.3) is 11.4 Å². The zero-order valence-electron chi connectivity index (χ0n) is 18.3. The second kappa shape index (κ2) is 9.26. The summed E-state index contributed by atoms with van der Waals surface area (Å²) in [6, 6.07) is 15.5. The topological polar surface area (TPSA) is 120 Å². The van der Waals surface area contributed by atoms with Crippen LogP contribution in [-0.4, -0.2) is 23.4 Å². The van der Waals surface area contributed by atoms with Crippen molar-refractivity contribution in [1.29, 1.82) is 0 Å². The van der Waals surface area contributed by atoms with Gasteiger partial charge in [-0.05, 0) is 43.3 Å². The molecule has 0 bridgehead atoms. The molecule has 10 heteroatoms. The monoisotopic (exact) mass is 481 g/mol. The van der Waals surface area contributed by atoms with Crippen LogP contribution in [0.5, 0.6) is 10.8 Å². The lowest BCUT2D eigenvalue weighted by molar-refractivity contribution is 0.496. The molecule has 0 fully saturated rings. The van der Waals surface area contributed by atoms with Gasteiger partial charge in [-0.2, -0.15) is 0 Å². The molecule has 3 N–H and O–H groups in total. The molecule has 170 valence electrons. The standard InChI is InChI=1S/C23H23N5O3S2/c1-14(2)22-28-21(19-9-4-6-15(3)26-19)23(32-22)31-17-10-11-25-20(13-17)27-16-7-5-8-18(12-16)33(24,29)30/h4-14H,1-3H3,(H,25,27)(H2,24,29,30). The fourth-order valence-electron chi connectivity index (χ4n) is 3.02. The van der Waals surface area contributed by atoms with E-state index in [0.29, 0.717) is 28.0 Å². The Bertz CT molecular complexity index is 1400. The molecule has 0 aliphatic carbocycles. The van der Waals surface area contributed by atoms with Crippen LogP contribution in [0.15, 0.2) is 65.7 Å². The molecule has 4 aromatic rings. The lowest BCUT2D eigenvalue weighted by atomic mass is 10.2. The van der Waals surface area contributed by atoms with Crippen molar-refractivity contribution in [3.05, 3.63) is 71.5 Å². The largest absolute Gasteiger partial charge is 0.444 e. The Balaban J connectivity index is 1.63. The Labute approximate surface area is 196 Å². The van der Waals surface area contributed by atoms with Crippen LogP contribution in [0.2, 0.25) is 0 Å². The maximum atomic E-state index is 11.6. The molecule has 8 nitrogen and oxygen atoms in total. The van der Waals surface area contributed by atoms with Crippen LogP contribution >= 0.6 is 11.3 Å². The summed E-state index contributed by atoms with van der Waals surface area (Å²) >= 11 is 1.48. The van der Waals surface area contributed by atoms with Gasteiger partial charge in [0.05, 0.1) is 15.6 Å². The average Bonchev–Trinajstić information content (AvgIpc) is 3.18. The number of hydrogen-bond acceptors (Lipinski definition) is 8. The number of primary sulfonamides is 1. The summed E-state index contributed by atoms with van der Waals surface area (Å²) in [5.74, 6) is 1.29. The number of ether oxygens (including phenoxy) is 1. The Hall–Kier alpha value is -3.34. The molecule has 0 aliphatic rings.